The predicted octanol–water partition coefficient (Wildman–Crippen LogP) is 3.48. The molecule has 8 heteroatoms. The number of amides is 2. The van der Waals surface area contributed by atoms with Gasteiger partial charge >= 0.3 is 0 Å². The van der Waals surface area contributed by atoms with E-state index in [9.17, 15) is 9.59 Å². The third kappa shape index (κ3) is 5.84. The summed E-state index contributed by atoms with van der Waals surface area (Å²) in [4.78, 5) is 31.6. The SMILES string of the molecule is Cc1ccc(-n2nc(C)cc2NC(=O)CN2CCC(C(=O)Nc3cc(C)ccn3)CC2)cc1. The number of carbonyl (C=O) groups excluding carboxylic acids is 2. The van der Waals surface area contributed by atoms with E-state index in [2.05, 4.69) is 25.6 Å². The monoisotopic (exact) mass is 446 g/mol. The molecule has 1 saturated heterocycles. The van der Waals surface area contributed by atoms with Crippen molar-refractivity contribution in [1.29, 1.82) is 0 Å². The molecule has 1 aliphatic rings. The van der Waals surface area contributed by atoms with Crippen LogP contribution in [-0.4, -0.2) is 51.1 Å². The molecule has 4 rings (SSSR count). The van der Waals surface area contributed by atoms with Crippen LogP contribution in [0.5, 0.6) is 0 Å². The smallest absolute Gasteiger partial charge is 0.239 e. The van der Waals surface area contributed by atoms with Crippen molar-refractivity contribution in [2.75, 3.05) is 30.3 Å². The third-order valence-corrected chi connectivity index (χ3v) is 5.87. The fourth-order valence-electron chi connectivity index (χ4n) is 4.04. The molecule has 2 N–H and O–H groups in total. The van der Waals surface area contributed by atoms with E-state index in [0.29, 0.717) is 37.6 Å². The van der Waals surface area contributed by atoms with E-state index in [1.807, 2.05) is 63.2 Å². The highest BCUT2D eigenvalue weighted by Crippen LogP contribution is 2.21. The van der Waals surface area contributed by atoms with Crippen molar-refractivity contribution >= 4 is 23.5 Å². The Labute approximate surface area is 194 Å². The first kappa shape index (κ1) is 22.7. The maximum atomic E-state index is 12.7. The van der Waals surface area contributed by atoms with Gasteiger partial charge in [-0.25, -0.2) is 9.67 Å². The number of pyridine rings is 1. The number of carbonyl (C=O) groups is 2. The number of likely N-dealkylation sites (tertiary alicyclic amines) is 1. The standard InChI is InChI=1S/C25H30N6O2/c1-17-4-6-21(7-5-17)31-23(15-19(3)29-31)28-24(32)16-30-12-9-20(10-13-30)25(33)27-22-14-18(2)8-11-26-22/h4-8,11,14-15,20H,9-10,12-13,16H2,1-3H3,(H,28,32)(H,26,27,33). The van der Waals surface area contributed by atoms with E-state index in [-0.39, 0.29) is 24.3 Å². The molecule has 1 fully saturated rings. The molecule has 2 amide bonds. The molecule has 3 heterocycles. The van der Waals surface area contributed by atoms with Gasteiger partial charge in [-0.3, -0.25) is 14.5 Å². The lowest BCUT2D eigenvalue weighted by molar-refractivity contribution is -0.121. The summed E-state index contributed by atoms with van der Waals surface area (Å²) in [6, 6.07) is 13.6. The summed E-state index contributed by atoms with van der Waals surface area (Å²) in [5.41, 5.74) is 3.96. The quantitative estimate of drug-likeness (QED) is 0.605. The molecule has 33 heavy (non-hydrogen) atoms. The Bertz CT molecular complexity index is 1130. The molecule has 172 valence electrons. The molecule has 0 saturated carbocycles. The number of rotatable bonds is 6. The van der Waals surface area contributed by atoms with Crippen LogP contribution in [0.4, 0.5) is 11.6 Å². The van der Waals surface area contributed by atoms with Crippen LogP contribution in [0, 0.1) is 26.7 Å². The number of piperidine rings is 1. The highest BCUT2D eigenvalue weighted by atomic mass is 16.2. The summed E-state index contributed by atoms with van der Waals surface area (Å²) in [6.07, 6.45) is 3.12. The van der Waals surface area contributed by atoms with Gasteiger partial charge in [-0.05, 0) is 76.5 Å². The minimum Gasteiger partial charge on any atom is -0.310 e. The first-order chi connectivity index (χ1) is 15.9. The molecular formula is C25H30N6O2. The average molecular weight is 447 g/mol. The second-order valence-corrected chi connectivity index (χ2v) is 8.72. The molecule has 0 aliphatic carbocycles. The van der Waals surface area contributed by atoms with Gasteiger partial charge in [-0.2, -0.15) is 5.10 Å². The minimum atomic E-state index is -0.0878. The van der Waals surface area contributed by atoms with Crippen LogP contribution in [0.15, 0.2) is 48.7 Å². The Balaban J connectivity index is 1.29. The van der Waals surface area contributed by atoms with Gasteiger partial charge < -0.3 is 10.6 Å². The number of nitrogens with one attached hydrogen (secondary N) is 2. The van der Waals surface area contributed by atoms with E-state index in [4.69, 9.17) is 0 Å². The number of aromatic nitrogens is 3. The number of benzene rings is 1. The van der Waals surface area contributed by atoms with E-state index < -0.39 is 0 Å². The van der Waals surface area contributed by atoms with Crippen molar-refractivity contribution < 1.29 is 9.59 Å². The summed E-state index contributed by atoms with van der Waals surface area (Å²) in [7, 11) is 0. The van der Waals surface area contributed by atoms with Crippen molar-refractivity contribution in [2.24, 2.45) is 5.92 Å². The molecule has 3 aromatic rings. The lowest BCUT2D eigenvalue weighted by Gasteiger charge is -2.30. The molecule has 1 aliphatic heterocycles. The first-order valence-electron chi connectivity index (χ1n) is 11.3. The summed E-state index contributed by atoms with van der Waals surface area (Å²) in [5, 5.41) is 10.4. The molecule has 0 bridgehead atoms. The van der Waals surface area contributed by atoms with Crippen LogP contribution >= 0.6 is 0 Å². The van der Waals surface area contributed by atoms with Gasteiger partial charge in [-0.1, -0.05) is 17.7 Å². The summed E-state index contributed by atoms with van der Waals surface area (Å²) in [5.74, 6) is 1.07. The van der Waals surface area contributed by atoms with Crippen molar-refractivity contribution in [3.8, 4) is 5.69 Å². The van der Waals surface area contributed by atoms with Crippen LogP contribution in [0.2, 0.25) is 0 Å². The van der Waals surface area contributed by atoms with E-state index >= 15 is 0 Å². The topological polar surface area (TPSA) is 92.2 Å². The van der Waals surface area contributed by atoms with Crippen molar-refractivity contribution in [2.45, 2.75) is 33.6 Å². The molecular weight excluding hydrogens is 416 g/mol. The van der Waals surface area contributed by atoms with Crippen LogP contribution < -0.4 is 10.6 Å². The van der Waals surface area contributed by atoms with Gasteiger partial charge in [0.05, 0.1) is 17.9 Å². The number of hydrogen-bond acceptors (Lipinski definition) is 5. The summed E-state index contributed by atoms with van der Waals surface area (Å²) < 4.78 is 1.75. The Morgan fingerprint density at radius 3 is 2.39 bits per heavy atom. The molecule has 1 aromatic carbocycles. The van der Waals surface area contributed by atoms with Crippen molar-refractivity contribution in [3.05, 3.63) is 65.5 Å². The van der Waals surface area contributed by atoms with Crippen LogP contribution in [-0.2, 0) is 9.59 Å². The molecule has 0 spiro atoms. The molecule has 8 nitrogen and oxygen atoms in total. The third-order valence-electron chi connectivity index (χ3n) is 5.87. The lowest BCUT2D eigenvalue weighted by atomic mass is 9.96. The second kappa shape index (κ2) is 9.95. The lowest BCUT2D eigenvalue weighted by Crippen LogP contribution is -2.42. The maximum absolute atomic E-state index is 12.7. The van der Waals surface area contributed by atoms with Crippen LogP contribution in [0.1, 0.15) is 29.7 Å². The first-order valence-corrected chi connectivity index (χ1v) is 11.3. The molecule has 0 atom stereocenters. The van der Waals surface area contributed by atoms with Crippen LogP contribution in [0.25, 0.3) is 5.69 Å². The Morgan fingerprint density at radius 1 is 0.970 bits per heavy atom. The van der Waals surface area contributed by atoms with E-state index in [0.717, 1.165) is 16.9 Å². The molecule has 2 aromatic heterocycles. The largest absolute Gasteiger partial charge is 0.310 e. The number of nitrogens with zero attached hydrogens (tertiary/aromatic N) is 4. The maximum Gasteiger partial charge on any atom is 0.239 e. The van der Waals surface area contributed by atoms with Gasteiger partial charge in [-0.15, -0.1) is 0 Å². The van der Waals surface area contributed by atoms with E-state index in [1.54, 1.807) is 10.9 Å². The van der Waals surface area contributed by atoms with Gasteiger partial charge in [0, 0.05) is 18.2 Å². The number of aryl methyl sites for hydroxylation is 3. The predicted molar refractivity (Wildman–Crippen MR) is 128 cm³/mol. The van der Waals surface area contributed by atoms with Gasteiger partial charge in [0.15, 0.2) is 0 Å². The molecule has 0 unspecified atom stereocenters. The zero-order chi connectivity index (χ0) is 23.4. The Morgan fingerprint density at radius 2 is 1.70 bits per heavy atom. The summed E-state index contributed by atoms with van der Waals surface area (Å²) >= 11 is 0. The fourth-order valence-corrected chi connectivity index (χ4v) is 4.04. The number of hydrogen-bond donors (Lipinski definition) is 2. The minimum absolute atomic E-state index is 0.00493. The summed E-state index contributed by atoms with van der Waals surface area (Å²) in [6.45, 7) is 7.59. The van der Waals surface area contributed by atoms with E-state index in [1.165, 1.54) is 5.56 Å². The average Bonchev–Trinajstić information content (AvgIpc) is 3.14. The normalized spacial score (nSPS) is 14.8. The van der Waals surface area contributed by atoms with Crippen molar-refractivity contribution in [3.63, 3.8) is 0 Å². The van der Waals surface area contributed by atoms with Gasteiger partial charge in [0.25, 0.3) is 0 Å². The zero-order valence-electron chi connectivity index (χ0n) is 19.3. The highest BCUT2D eigenvalue weighted by Gasteiger charge is 2.26. The van der Waals surface area contributed by atoms with Gasteiger partial charge in [0.2, 0.25) is 11.8 Å². The fraction of sp³-hybridized carbons (Fsp3) is 0.360. The number of anilines is 2. The van der Waals surface area contributed by atoms with Crippen LogP contribution in [0.3, 0.4) is 0 Å². The Kier molecular flexibility index (Phi) is 6.84. The highest BCUT2D eigenvalue weighted by molar-refractivity contribution is 5.92. The van der Waals surface area contributed by atoms with Gasteiger partial charge in [0.1, 0.15) is 11.6 Å². The zero-order valence-corrected chi connectivity index (χ0v) is 19.3. The second-order valence-electron chi connectivity index (χ2n) is 8.72. The Hall–Kier alpha value is -3.52. The van der Waals surface area contributed by atoms with Crippen molar-refractivity contribution in [1.82, 2.24) is 19.7 Å². The molecule has 0 radical (unpaired) electrons.